The summed E-state index contributed by atoms with van der Waals surface area (Å²) in [5, 5.41) is 4.61. The van der Waals surface area contributed by atoms with Crippen LogP contribution in [0.25, 0.3) is 16.7 Å². The molecular weight excluding hydrogens is 370 g/mol. The van der Waals surface area contributed by atoms with Crippen LogP contribution in [0.5, 0.6) is 5.75 Å². The number of ether oxygens (including phenoxy) is 1. The minimum Gasteiger partial charge on any atom is -0.496 e. The Labute approximate surface area is 166 Å². The second-order valence-corrected chi connectivity index (χ2v) is 6.62. The van der Waals surface area contributed by atoms with Crippen LogP contribution in [-0.2, 0) is 0 Å². The van der Waals surface area contributed by atoms with Gasteiger partial charge < -0.3 is 4.74 Å². The summed E-state index contributed by atoms with van der Waals surface area (Å²) >= 11 is 0. The summed E-state index contributed by atoms with van der Waals surface area (Å²) in [5.41, 5.74) is 5.94. The third-order valence-corrected chi connectivity index (χ3v) is 4.80. The van der Waals surface area contributed by atoms with Gasteiger partial charge in [-0.15, -0.1) is 0 Å². The number of methoxy groups -OCH3 is 1. The molecule has 2 heterocycles. The van der Waals surface area contributed by atoms with E-state index in [-0.39, 0.29) is 0 Å². The standard InChI is InChI=1S/C21H19N5O3/c1-13-8-9-15(10-14(13)2)26-19-17(11-23-26)21(28)25(12-22-19)24-20(27)16-6-4-5-7-18(16)29-3/h4-12H,1-3H3,(H,24,27). The van der Waals surface area contributed by atoms with E-state index in [2.05, 4.69) is 15.5 Å². The van der Waals surface area contributed by atoms with Crippen LogP contribution in [-0.4, -0.2) is 32.5 Å². The molecule has 0 atom stereocenters. The van der Waals surface area contributed by atoms with Crippen LogP contribution < -0.4 is 15.7 Å². The van der Waals surface area contributed by atoms with Crippen molar-refractivity contribution < 1.29 is 9.53 Å². The predicted molar refractivity (Wildman–Crippen MR) is 109 cm³/mol. The third kappa shape index (κ3) is 3.25. The number of rotatable bonds is 4. The zero-order valence-corrected chi connectivity index (χ0v) is 16.2. The Morgan fingerprint density at radius 3 is 2.66 bits per heavy atom. The highest BCUT2D eigenvalue weighted by Gasteiger charge is 2.16. The Bertz CT molecular complexity index is 1290. The van der Waals surface area contributed by atoms with E-state index >= 15 is 0 Å². The van der Waals surface area contributed by atoms with Crippen molar-refractivity contribution in [1.82, 2.24) is 19.4 Å². The topological polar surface area (TPSA) is 91.0 Å². The number of amides is 1. The van der Waals surface area contributed by atoms with Crippen LogP contribution in [0.1, 0.15) is 21.5 Å². The summed E-state index contributed by atoms with van der Waals surface area (Å²) in [6, 6.07) is 12.7. The molecule has 1 N–H and O–H groups in total. The van der Waals surface area contributed by atoms with Crippen molar-refractivity contribution in [2.75, 3.05) is 12.5 Å². The van der Waals surface area contributed by atoms with Crippen molar-refractivity contribution in [1.29, 1.82) is 0 Å². The van der Waals surface area contributed by atoms with Gasteiger partial charge in [-0.1, -0.05) is 18.2 Å². The van der Waals surface area contributed by atoms with Gasteiger partial charge in [0, 0.05) is 0 Å². The van der Waals surface area contributed by atoms with Crippen LogP contribution >= 0.6 is 0 Å². The van der Waals surface area contributed by atoms with Crippen LogP contribution in [0, 0.1) is 13.8 Å². The predicted octanol–water partition coefficient (Wildman–Crippen LogP) is 2.59. The van der Waals surface area contributed by atoms with Gasteiger partial charge in [0.2, 0.25) is 0 Å². The third-order valence-electron chi connectivity index (χ3n) is 4.80. The van der Waals surface area contributed by atoms with Crippen molar-refractivity contribution in [3.05, 3.63) is 82.0 Å². The van der Waals surface area contributed by atoms with Crippen molar-refractivity contribution in [2.24, 2.45) is 0 Å². The van der Waals surface area contributed by atoms with Gasteiger partial charge in [-0.05, 0) is 49.2 Å². The Balaban J connectivity index is 1.71. The summed E-state index contributed by atoms with van der Waals surface area (Å²) in [7, 11) is 1.48. The fraction of sp³-hybridized carbons (Fsp3) is 0.143. The summed E-state index contributed by atoms with van der Waals surface area (Å²) in [6.07, 6.45) is 2.73. The zero-order valence-electron chi connectivity index (χ0n) is 16.2. The molecule has 1 amide bonds. The number of fused-ring (bicyclic) bond motifs is 1. The number of aryl methyl sites for hydroxylation is 2. The van der Waals surface area contributed by atoms with Gasteiger partial charge in [0.1, 0.15) is 17.5 Å². The lowest BCUT2D eigenvalue weighted by Crippen LogP contribution is -2.33. The van der Waals surface area contributed by atoms with Gasteiger partial charge in [0.25, 0.3) is 11.5 Å². The van der Waals surface area contributed by atoms with Crippen LogP contribution in [0.4, 0.5) is 0 Å². The first-order valence-electron chi connectivity index (χ1n) is 8.97. The highest BCUT2D eigenvalue weighted by molar-refractivity contribution is 6.02. The smallest absolute Gasteiger partial charge is 0.283 e. The summed E-state index contributed by atoms with van der Waals surface area (Å²) in [5.74, 6) is -0.0677. The fourth-order valence-corrected chi connectivity index (χ4v) is 3.04. The molecule has 4 aromatic rings. The Hall–Kier alpha value is -3.94. The molecule has 0 saturated heterocycles. The second-order valence-electron chi connectivity index (χ2n) is 6.62. The van der Waals surface area contributed by atoms with Crippen molar-refractivity contribution in [3.63, 3.8) is 0 Å². The molecule has 0 aliphatic carbocycles. The number of nitrogens with one attached hydrogen (secondary N) is 1. The number of hydrogen-bond acceptors (Lipinski definition) is 5. The van der Waals surface area contributed by atoms with E-state index in [9.17, 15) is 9.59 Å². The summed E-state index contributed by atoms with van der Waals surface area (Å²) in [6.45, 7) is 4.04. The molecule has 0 unspecified atom stereocenters. The normalized spacial score (nSPS) is 10.9. The molecule has 146 valence electrons. The van der Waals surface area contributed by atoms with E-state index in [0.29, 0.717) is 22.3 Å². The molecule has 8 nitrogen and oxygen atoms in total. The number of carbonyl (C=O) groups excluding carboxylic acids is 1. The van der Waals surface area contributed by atoms with Crippen LogP contribution in [0.2, 0.25) is 0 Å². The molecule has 0 aliphatic rings. The highest BCUT2D eigenvalue weighted by atomic mass is 16.5. The molecule has 8 heteroatoms. The van der Waals surface area contributed by atoms with E-state index in [1.807, 2.05) is 32.0 Å². The highest BCUT2D eigenvalue weighted by Crippen LogP contribution is 2.18. The Morgan fingerprint density at radius 2 is 1.90 bits per heavy atom. The van der Waals surface area contributed by atoms with E-state index < -0.39 is 11.5 Å². The first-order chi connectivity index (χ1) is 14.0. The maximum atomic E-state index is 12.8. The van der Waals surface area contributed by atoms with Crippen LogP contribution in [0.15, 0.2) is 59.8 Å². The molecule has 4 rings (SSSR count). The number of aromatic nitrogens is 4. The van der Waals surface area contributed by atoms with Crippen molar-refractivity contribution in [2.45, 2.75) is 13.8 Å². The molecule has 0 fully saturated rings. The van der Waals surface area contributed by atoms with Gasteiger partial charge >= 0.3 is 0 Å². The minimum absolute atomic E-state index is 0.297. The monoisotopic (exact) mass is 389 g/mol. The van der Waals surface area contributed by atoms with Crippen molar-refractivity contribution >= 4 is 16.9 Å². The van der Waals surface area contributed by atoms with Gasteiger partial charge in [-0.3, -0.25) is 15.0 Å². The summed E-state index contributed by atoms with van der Waals surface area (Å²) < 4.78 is 7.85. The number of benzene rings is 2. The number of hydrogen-bond donors (Lipinski definition) is 1. The van der Waals surface area contributed by atoms with Gasteiger partial charge in [0.15, 0.2) is 5.65 Å². The van der Waals surface area contributed by atoms with E-state index in [1.54, 1.807) is 28.9 Å². The van der Waals surface area contributed by atoms with E-state index in [0.717, 1.165) is 15.9 Å². The number of para-hydroxylation sites is 1. The lowest BCUT2D eigenvalue weighted by Gasteiger charge is -2.11. The van der Waals surface area contributed by atoms with E-state index in [4.69, 9.17) is 4.74 Å². The molecule has 2 aromatic heterocycles. The largest absolute Gasteiger partial charge is 0.496 e. The van der Waals surface area contributed by atoms with E-state index in [1.165, 1.54) is 25.2 Å². The minimum atomic E-state index is -0.479. The molecule has 29 heavy (non-hydrogen) atoms. The molecule has 0 radical (unpaired) electrons. The SMILES string of the molecule is COc1ccccc1C(=O)Nn1cnc2c(cnn2-c2ccc(C)c(C)c2)c1=O. The van der Waals surface area contributed by atoms with Crippen LogP contribution in [0.3, 0.4) is 0 Å². The molecular formula is C21H19N5O3. The molecule has 0 bridgehead atoms. The first-order valence-corrected chi connectivity index (χ1v) is 8.97. The zero-order chi connectivity index (χ0) is 20.5. The molecule has 0 spiro atoms. The van der Waals surface area contributed by atoms with Gasteiger partial charge in [0.05, 0.1) is 24.6 Å². The molecule has 0 saturated carbocycles. The Morgan fingerprint density at radius 1 is 1.10 bits per heavy atom. The molecule has 2 aromatic carbocycles. The average molecular weight is 389 g/mol. The number of carbonyl (C=O) groups is 1. The maximum absolute atomic E-state index is 12.8. The Kier molecular flexibility index (Phi) is 4.59. The van der Waals surface area contributed by atoms with Gasteiger partial charge in [-0.25, -0.2) is 14.3 Å². The summed E-state index contributed by atoms with van der Waals surface area (Å²) in [4.78, 5) is 29.8. The second kappa shape index (κ2) is 7.23. The lowest BCUT2D eigenvalue weighted by atomic mass is 10.1. The molecule has 0 aliphatic heterocycles. The quantitative estimate of drug-likeness (QED) is 0.579. The fourth-order valence-electron chi connectivity index (χ4n) is 3.04. The maximum Gasteiger partial charge on any atom is 0.283 e. The first kappa shape index (κ1) is 18.4. The average Bonchev–Trinajstić information content (AvgIpc) is 3.17. The van der Waals surface area contributed by atoms with Crippen molar-refractivity contribution in [3.8, 4) is 11.4 Å². The van der Waals surface area contributed by atoms with Gasteiger partial charge in [-0.2, -0.15) is 5.10 Å². The lowest BCUT2D eigenvalue weighted by molar-refractivity contribution is 0.100. The number of nitrogens with zero attached hydrogens (tertiary/aromatic N) is 4.